The predicted molar refractivity (Wildman–Crippen MR) is 127 cm³/mol. The Bertz CT molecular complexity index is 1250. The Morgan fingerprint density at radius 1 is 0.886 bits per heavy atom. The summed E-state index contributed by atoms with van der Waals surface area (Å²) in [6.07, 6.45) is 2.35. The molecule has 3 heterocycles. The first kappa shape index (κ1) is 23.0. The van der Waals surface area contributed by atoms with E-state index >= 15 is 0 Å². The molecule has 2 saturated heterocycles. The third kappa shape index (κ3) is 4.39. The maximum Gasteiger partial charge on any atom is 0.289 e. The summed E-state index contributed by atoms with van der Waals surface area (Å²) in [5, 5.41) is 7.15. The van der Waals surface area contributed by atoms with Gasteiger partial charge in [-0.2, -0.15) is 0 Å². The van der Waals surface area contributed by atoms with Crippen molar-refractivity contribution in [2.75, 3.05) is 39.3 Å². The molecule has 3 aromatic rings. The monoisotopic (exact) mass is 478 g/mol. The van der Waals surface area contributed by atoms with E-state index in [9.17, 15) is 18.8 Å². The molecule has 0 radical (unpaired) electrons. The number of amides is 3. The first-order valence-corrected chi connectivity index (χ1v) is 11.8. The van der Waals surface area contributed by atoms with Gasteiger partial charge < -0.3 is 24.9 Å². The van der Waals surface area contributed by atoms with Gasteiger partial charge in [-0.1, -0.05) is 24.3 Å². The number of nitrogens with one attached hydrogen (secondary N) is 2. The molecule has 2 N–H and O–H groups in total. The molecule has 0 atom stereocenters. The molecule has 0 spiro atoms. The molecule has 0 unspecified atom stereocenters. The van der Waals surface area contributed by atoms with Crippen molar-refractivity contribution in [1.29, 1.82) is 0 Å². The number of rotatable bonds is 4. The number of carbonyl (C=O) groups is 3. The normalized spacial score (nSPS) is 17.9. The van der Waals surface area contributed by atoms with Gasteiger partial charge in [-0.25, -0.2) is 4.39 Å². The Morgan fingerprint density at radius 2 is 1.57 bits per heavy atom. The number of benzene rings is 2. The van der Waals surface area contributed by atoms with Crippen molar-refractivity contribution >= 4 is 28.5 Å². The van der Waals surface area contributed by atoms with Crippen LogP contribution in [0.2, 0.25) is 0 Å². The molecule has 0 saturated carbocycles. The summed E-state index contributed by atoms with van der Waals surface area (Å²) in [5.74, 6) is -0.868. The fourth-order valence-corrected chi connectivity index (χ4v) is 4.96. The third-order valence-corrected chi connectivity index (χ3v) is 6.92. The second kappa shape index (κ2) is 9.50. The van der Waals surface area contributed by atoms with E-state index in [1.807, 2.05) is 0 Å². The van der Waals surface area contributed by atoms with Crippen molar-refractivity contribution in [1.82, 2.24) is 20.4 Å². The highest BCUT2D eigenvalue weighted by atomic mass is 19.1. The van der Waals surface area contributed by atoms with E-state index < -0.39 is 17.3 Å². The smallest absolute Gasteiger partial charge is 0.289 e. The van der Waals surface area contributed by atoms with Gasteiger partial charge in [0, 0.05) is 37.1 Å². The molecule has 2 aromatic carbocycles. The Morgan fingerprint density at radius 3 is 2.26 bits per heavy atom. The van der Waals surface area contributed by atoms with Gasteiger partial charge in [-0.15, -0.1) is 0 Å². The molecular formula is C26H27FN4O4. The van der Waals surface area contributed by atoms with Gasteiger partial charge in [-0.3, -0.25) is 14.4 Å². The van der Waals surface area contributed by atoms with Gasteiger partial charge in [-0.05, 0) is 55.6 Å². The van der Waals surface area contributed by atoms with Crippen LogP contribution in [0.25, 0.3) is 10.8 Å². The summed E-state index contributed by atoms with van der Waals surface area (Å²) < 4.78 is 19.5. The van der Waals surface area contributed by atoms with Crippen molar-refractivity contribution in [3.05, 3.63) is 71.9 Å². The molecule has 182 valence electrons. The zero-order chi connectivity index (χ0) is 24.4. The summed E-state index contributed by atoms with van der Waals surface area (Å²) in [6.45, 7) is 2.69. The van der Waals surface area contributed by atoms with Crippen LogP contribution >= 0.6 is 0 Å². The minimum Gasteiger partial charge on any atom is -0.459 e. The number of piperazine rings is 1. The van der Waals surface area contributed by atoms with Crippen molar-refractivity contribution in [3.8, 4) is 0 Å². The number of nitrogens with zero attached hydrogens (tertiary/aromatic N) is 2. The van der Waals surface area contributed by atoms with Gasteiger partial charge in [0.1, 0.15) is 11.4 Å². The van der Waals surface area contributed by atoms with Crippen LogP contribution < -0.4 is 10.6 Å². The fourth-order valence-electron chi connectivity index (χ4n) is 4.96. The topological polar surface area (TPSA) is 94.9 Å². The van der Waals surface area contributed by atoms with Crippen molar-refractivity contribution in [2.45, 2.75) is 18.4 Å². The van der Waals surface area contributed by atoms with E-state index in [0.29, 0.717) is 68.4 Å². The molecule has 5 rings (SSSR count). The lowest BCUT2D eigenvalue weighted by Gasteiger charge is -2.43. The Balaban J connectivity index is 1.34. The quantitative estimate of drug-likeness (QED) is 0.601. The second-order valence-corrected chi connectivity index (χ2v) is 8.99. The average molecular weight is 479 g/mol. The predicted octanol–water partition coefficient (Wildman–Crippen LogP) is 2.41. The molecule has 1 aromatic heterocycles. The standard InChI is InChI=1S/C26H27FN4O4/c27-21-8-7-20(18-4-1-2-5-19(18)21)23(32)29-26(9-11-28-12-10-26)25(34)31-15-13-30(14-16-31)24(33)22-6-3-17-35-22/h1-8,17,28H,9-16H2,(H,29,32). The van der Waals surface area contributed by atoms with Crippen molar-refractivity contribution in [2.24, 2.45) is 0 Å². The molecule has 0 bridgehead atoms. The molecule has 3 amide bonds. The third-order valence-electron chi connectivity index (χ3n) is 6.92. The molecule has 8 nitrogen and oxygen atoms in total. The van der Waals surface area contributed by atoms with Crippen molar-refractivity contribution in [3.63, 3.8) is 0 Å². The number of fused-ring (bicyclic) bond motifs is 1. The van der Waals surface area contributed by atoms with Crippen LogP contribution in [0.15, 0.2) is 59.2 Å². The van der Waals surface area contributed by atoms with E-state index in [2.05, 4.69) is 10.6 Å². The number of furan rings is 1. The lowest BCUT2D eigenvalue weighted by Crippen LogP contribution is -2.65. The van der Waals surface area contributed by atoms with Gasteiger partial charge in [0.15, 0.2) is 5.76 Å². The summed E-state index contributed by atoms with van der Waals surface area (Å²) >= 11 is 0. The number of hydrogen-bond acceptors (Lipinski definition) is 5. The first-order valence-electron chi connectivity index (χ1n) is 11.8. The molecule has 2 fully saturated rings. The van der Waals surface area contributed by atoms with Crippen LogP contribution in [0, 0.1) is 5.82 Å². The van der Waals surface area contributed by atoms with E-state index in [1.165, 1.54) is 18.4 Å². The number of halogens is 1. The highest BCUT2D eigenvalue weighted by molar-refractivity contribution is 6.09. The molecule has 0 aliphatic carbocycles. The van der Waals surface area contributed by atoms with E-state index in [0.717, 1.165) is 0 Å². The van der Waals surface area contributed by atoms with Crippen LogP contribution in [0.5, 0.6) is 0 Å². The highest BCUT2D eigenvalue weighted by Crippen LogP contribution is 2.26. The molecular weight excluding hydrogens is 451 g/mol. The lowest BCUT2D eigenvalue weighted by atomic mass is 9.85. The van der Waals surface area contributed by atoms with Gasteiger partial charge in [0.2, 0.25) is 5.91 Å². The van der Waals surface area contributed by atoms with Gasteiger partial charge >= 0.3 is 0 Å². The van der Waals surface area contributed by atoms with Crippen LogP contribution in [0.4, 0.5) is 4.39 Å². The van der Waals surface area contributed by atoms with E-state index in [-0.39, 0.29) is 17.6 Å². The Kier molecular flexibility index (Phi) is 6.25. The van der Waals surface area contributed by atoms with Gasteiger partial charge in [0.25, 0.3) is 11.8 Å². The average Bonchev–Trinajstić information content (AvgIpc) is 3.44. The number of carbonyl (C=O) groups excluding carboxylic acids is 3. The first-order chi connectivity index (χ1) is 17.0. The van der Waals surface area contributed by atoms with Crippen LogP contribution in [-0.4, -0.2) is 72.3 Å². The molecule has 2 aliphatic heterocycles. The number of piperidine rings is 1. The SMILES string of the molecule is O=C(NC1(C(=O)N2CCN(C(=O)c3ccco3)CC2)CCNCC1)c1ccc(F)c2ccccc12. The second-order valence-electron chi connectivity index (χ2n) is 8.99. The van der Waals surface area contributed by atoms with Gasteiger partial charge in [0.05, 0.1) is 6.26 Å². The fraction of sp³-hybridized carbons (Fsp3) is 0.346. The maximum absolute atomic E-state index is 14.3. The maximum atomic E-state index is 14.3. The zero-order valence-electron chi connectivity index (χ0n) is 19.3. The molecule has 2 aliphatic rings. The summed E-state index contributed by atoms with van der Waals surface area (Å²) in [4.78, 5) is 43.1. The van der Waals surface area contributed by atoms with E-state index in [4.69, 9.17) is 4.42 Å². The molecule has 35 heavy (non-hydrogen) atoms. The zero-order valence-corrected chi connectivity index (χ0v) is 19.3. The molecule has 9 heteroatoms. The van der Waals surface area contributed by atoms with Crippen LogP contribution in [0.1, 0.15) is 33.8 Å². The van der Waals surface area contributed by atoms with E-state index in [1.54, 1.807) is 46.2 Å². The van der Waals surface area contributed by atoms with Crippen LogP contribution in [-0.2, 0) is 4.79 Å². The number of hydrogen-bond donors (Lipinski definition) is 2. The highest BCUT2D eigenvalue weighted by Gasteiger charge is 2.44. The lowest BCUT2D eigenvalue weighted by molar-refractivity contribution is -0.140. The largest absolute Gasteiger partial charge is 0.459 e. The minimum atomic E-state index is -1.06. The minimum absolute atomic E-state index is 0.149. The summed E-state index contributed by atoms with van der Waals surface area (Å²) in [7, 11) is 0. The van der Waals surface area contributed by atoms with Crippen molar-refractivity contribution < 1.29 is 23.2 Å². The summed E-state index contributed by atoms with van der Waals surface area (Å²) in [5.41, 5.74) is -0.730. The Hall–Kier alpha value is -3.72. The summed E-state index contributed by atoms with van der Waals surface area (Å²) in [6, 6.07) is 12.9. The Labute approximate surface area is 202 Å². The van der Waals surface area contributed by atoms with Crippen LogP contribution in [0.3, 0.4) is 0 Å².